The zero-order valence-corrected chi connectivity index (χ0v) is 33.8. The summed E-state index contributed by atoms with van der Waals surface area (Å²) in [5.41, 5.74) is 1.25. The molecule has 6 fully saturated rings. The molecule has 24 atom stereocenters. The number of ether oxygens (including phenoxy) is 8. The molecule has 0 amide bonds. The third kappa shape index (κ3) is 10.1. The first-order valence-electron chi connectivity index (χ1n) is 20.7. The standard InChI is InChI=1S/C39H64O22/c1-14-6-17(55-36-32(53)28(49)34(22(12-43)59-36)61-38-30(51)26(47)24(45)20(10-41)57-38)8-39(3)5-4-16(7-18(14)39)15(2)13-54-35-31(52)27(48)33(21(11-42)58-35)60-37-29(50)25(46)23(44)19(9-40)56-37/h16-38,40-53H,1-2,4-13H2,3H3/t16-,17-,18-,19-,20-,21-,22-,23+,24+,25+,26+,27-,28-,29-,30-,31-,32-,33+,34+,35-,36-,37+,38+,39-/m1/s1. The Kier molecular flexibility index (Phi) is 16.4. The van der Waals surface area contributed by atoms with Crippen LogP contribution in [0.2, 0.25) is 0 Å². The summed E-state index contributed by atoms with van der Waals surface area (Å²) in [6.45, 7) is 7.76. The van der Waals surface area contributed by atoms with Crippen LogP contribution in [0, 0.1) is 17.3 Å². The summed E-state index contributed by atoms with van der Waals surface area (Å²) < 4.78 is 45.7. The second-order valence-electron chi connectivity index (χ2n) is 17.5. The third-order valence-electron chi connectivity index (χ3n) is 13.4. The maximum atomic E-state index is 11.1. The molecule has 0 aromatic heterocycles. The van der Waals surface area contributed by atoms with E-state index in [-0.39, 0.29) is 23.9 Å². The van der Waals surface area contributed by atoms with Gasteiger partial charge in [0.25, 0.3) is 0 Å². The fourth-order valence-electron chi connectivity index (χ4n) is 9.62. The Morgan fingerprint density at radius 2 is 1.02 bits per heavy atom. The van der Waals surface area contributed by atoms with Gasteiger partial charge in [-0.1, -0.05) is 25.7 Å². The average molecular weight is 885 g/mol. The van der Waals surface area contributed by atoms with Crippen LogP contribution in [0.4, 0.5) is 0 Å². The second kappa shape index (κ2) is 20.4. The van der Waals surface area contributed by atoms with Gasteiger partial charge in [0.15, 0.2) is 25.2 Å². The van der Waals surface area contributed by atoms with Crippen LogP contribution in [0.3, 0.4) is 0 Å². The van der Waals surface area contributed by atoms with Crippen molar-refractivity contribution in [2.24, 2.45) is 17.3 Å². The minimum atomic E-state index is -1.80. The van der Waals surface area contributed by atoms with Gasteiger partial charge < -0.3 is 109 Å². The topological polar surface area (TPSA) is 357 Å². The number of hydrogen-bond donors (Lipinski definition) is 14. The molecule has 0 aromatic carbocycles. The van der Waals surface area contributed by atoms with Gasteiger partial charge in [-0.25, -0.2) is 0 Å². The highest BCUT2D eigenvalue weighted by Crippen LogP contribution is 2.55. The normalized spacial score (nSPS) is 50.9. The highest BCUT2D eigenvalue weighted by Gasteiger charge is 2.54. The molecule has 0 unspecified atom stereocenters. The van der Waals surface area contributed by atoms with E-state index in [4.69, 9.17) is 37.9 Å². The Morgan fingerprint density at radius 3 is 1.51 bits per heavy atom. The molecule has 4 aliphatic heterocycles. The molecule has 2 saturated carbocycles. The van der Waals surface area contributed by atoms with Gasteiger partial charge in [-0.3, -0.25) is 0 Å². The average Bonchev–Trinajstić information content (AvgIpc) is 3.24. The Bertz CT molecular complexity index is 1450. The minimum Gasteiger partial charge on any atom is -0.394 e. The lowest BCUT2D eigenvalue weighted by molar-refractivity contribution is -0.363. The first-order valence-corrected chi connectivity index (χ1v) is 20.7. The summed E-state index contributed by atoms with van der Waals surface area (Å²) in [6, 6.07) is 0. The van der Waals surface area contributed by atoms with Crippen molar-refractivity contribution in [3.05, 3.63) is 24.3 Å². The molecule has 0 aromatic rings. The smallest absolute Gasteiger partial charge is 0.187 e. The Balaban J connectivity index is 0.998. The first-order chi connectivity index (χ1) is 28.9. The number of fused-ring (bicyclic) bond motifs is 1. The summed E-state index contributed by atoms with van der Waals surface area (Å²) in [5.74, 6) is -0.0250. The van der Waals surface area contributed by atoms with E-state index in [0.29, 0.717) is 37.7 Å². The van der Waals surface area contributed by atoms with Crippen molar-refractivity contribution in [1.82, 2.24) is 0 Å². The predicted molar refractivity (Wildman–Crippen MR) is 200 cm³/mol. The van der Waals surface area contributed by atoms with Gasteiger partial charge in [-0.15, -0.1) is 0 Å². The Morgan fingerprint density at radius 1 is 0.590 bits per heavy atom. The molecule has 0 bridgehead atoms. The highest BCUT2D eigenvalue weighted by molar-refractivity contribution is 5.18. The van der Waals surface area contributed by atoms with Gasteiger partial charge in [0, 0.05) is 0 Å². The second-order valence-corrected chi connectivity index (χ2v) is 17.5. The number of rotatable bonds is 14. The van der Waals surface area contributed by atoms with Crippen molar-refractivity contribution in [1.29, 1.82) is 0 Å². The van der Waals surface area contributed by atoms with Crippen LogP contribution in [0.15, 0.2) is 24.3 Å². The van der Waals surface area contributed by atoms with Gasteiger partial charge in [0.1, 0.15) is 97.7 Å². The van der Waals surface area contributed by atoms with Crippen LogP contribution in [0.5, 0.6) is 0 Å². The molecule has 6 aliphatic rings. The number of aliphatic hydroxyl groups excluding tert-OH is 14. The molecular weight excluding hydrogens is 820 g/mol. The monoisotopic (exact) mass is 884 g/mol. The van der Waals surface area contributed by atoms with Crippen LogP contribution in [0.25, 0.3) is 0 Å². The summed E-state index contributed by atoms with van der Waals surface area (Å²) >= 11 is 0. The largest absolute Gasteiger partial charge is 0.394 e. The van der Waals surface area contributed by atoms with Gasteiger partial charge in [-0.2, -0.15) is 0 Å². The van der Waals surface area contributed by atoms with Crippen LogP contribution < -0.4 is 0 Å². The summed E-state index contributed by atoms with van der Waals surface area (Å²) in [7, 11) is 0. The van der Waals surface area contributed by atoms with Crippen molar-refractivity contribution in [3.8, 4) is 0 Å². The van der Waals surface area contributed by atoms with Crippen molar-refractivity contribution < 1.29 is 109 Å². The van der Waals surface area contributed by atoms with E-state index in [0.717, 1.165) is 5.57 Å². The highest BCUT2D eigenvalue weighted by atomic mass is 16.8. The summed E-state index contributed by atoms with van der Waals surface area (Å²) in [4.78, 5) is 0. The fourth-order valence-corrected chi connectivity index (χ4v) is 9.62. The van der Waals surface area contributed by atoms with Crippen LogP contribution in [0.1, 0.15) is 39.0 Å². The molecule has 61 heavy (non-hydrogen) atoms. The Labute approximate surface area is 351 Å². The molecule has 352 valence electrons. The van der Waals surface area contributed by atoms with Crippen molar-refractivity contribution in [2.75, 3.05) is 33.0 Å². The molecule has 22 nitrogen and oxygen atoms in total. The van der Waals surface area contributed by atoms with E-state index in [9.17, 15) is 71.5 Å². The summed E-state index contributed by atoms with van der Waals surface area (Å²) in [6.07, 6.45) is -29.0. The zero-order chi connectivity index (χ0) is 44.7. The van der Waals surface area contributed by atoms with E-state index in [1.165, 1.54) is 0 Å². The van der Waals surface area contributed by atoms with Crippen molar-refractivity contribution in [3.63, 3.8) is 0 Å². The lowest BCUT2D eigenvalue weighted by atomic mass is 9.55. The quantitative estimate of drug-likeness (QED) is 0.0570. The van der Waals surface area contributed by atoms with Gasteiger partial charge >= 0.3 is 0 Å². The molecule has 6 rings (SSSR count). The van der Waals surface area contributed by atoms with Crippen LogP contribution in [-0.2, 0) is 37.9 Å². The fraction of sp³-hybridized carbons (Fsp3) is 0.897. The van der Waals surface area contributed by atoms with Gasteiger partial charge in [-0.05, 0) is 54.9 Å². The molecule has 22 heteroatoms. The van der Waals surface area contributed by atoms with Crippen LogP contribution in [-0.4, -0.2) is 233 Å². The molecule has 2 aliphatic carbocycles. The SMILES string of the molecule is C=C(CO[C@@H]1O[C@H](CO)[C@H](O[C@@H]2O[C@H](CO)[C@H](O)[C@H](O)[C@H]2O)[C@H](O)[C@H]1O)[C@@H]1CC[C@]2(C)C[C@H](O[C@@H]3O[C@H](CO)[C@H](O[C@@H]4O[C@H](CO)[C@H](O)[C@H](O)[C@H]4O)[C@H](O)[C@H]3O)CC(=C)[C@H]2C1. The molecule has 4 heterocycles. The zero-order valence-electron chi connectivity index (χ0n) is 33.8. The van der Waals surface area contributed by atoms with Gasteiger partial charge in [0.2, 0.25) is 0 Å². The van der Waals surface area contributed by atoms with E-state index in [2.05, 4.69) is 20.1 Å². The molecule has 0 radical (unpaired) electrons. The lowest BCUT2D eigenvalue weighted by Gasteiger charge is -2.52. The van der Waals surface area contributed by atoms with Crippen LogP contribution >= 0.6 is 0 Å². The van der Waals surface area contributed by atoms with Gasteiger partial charge in [0.05, 0.1) is 39.1 Å². The first kappa shape index (κ1) is 49.0. The molecule has 14 N–H and O–H groups in total. The number of hydrogen-bond acceptors (Lipinski definition) is 22. The maximum absolute atomic E-state index is 11.1. The molecule has 4 saturated heterocycles. The lowest BCUT2D eigenvalue weighted by Crippen LogP contribution is -2.65. The van der Waals surface area contributed by atoms with Crippen molar-refractivity contribution in [2.45, 2.75) is 168 Å². The Hall–Kier alpha value is -1.40. The molecule has 0 spiro atoms. The van der Waals surface area contributed by atoms with E-state index in [1.807, 2.05) is 0 Å². The number of aliphatic hydroxyl groups is 14. The summed E-state index contributed by atoms with van der Waals surface area (Å²) in [5, 5.41) is 145. The van der Waals surface area contributed by atoms with E-state index >= 15 is 0 Å². The third-order valence-corrected chi connectivity index (χ3v) is 13.4. The molecular formula is C39H64O22. The maximum Gasteiger partial charge on any atom is 0.187 e. The van der Waals surface area contributed by atoms with E-state index < -0.39 is 155 Å². The minimum absolute atomic E-state index is 0.0181. The van der Waals surface area contributed by atoms with E-state index in [1.54, 1.807) is 0 Å². The predicted octanol–water partition coefficient (Wildman–Crippen LogP) is -6.03. The van der Waals surface area contributed by atoms with Crippen molar-refractivity contribution >= 4 is 0 Å².